The molecule has 0 spiro atoms. The Hall–Kier alpha value is -4.66. The van der Waals surface area contributed by atoms with Crippen molar-refractivity contribution in [3.63, 3.8) is 0 Å². The summed E-state index contributed by atoms with van der Waals surface area (Å²) in [4.78, 5) is 52.4. The first-order chi connectivity index (χ1) is 17.3. The Balaban J connectivity index is 1.65. The second-order valence-electron chi connectivity index (χ2n) is 8.10. The fourth-order valence-corrected chi connectivity index (χ4v) is 3.42. The highest BCUT2D eigenvalue weighted by Crippen LogP contribution is 2.20. The lowest BCUT2D eigenvalue weighted by molar-refractivity contribution is -0.138. The van der Waals surface area contributed by atoms with E-state index in [-0.39, 0.29) is 19.0 Å². The Morgan fingerprint density at radius 3 is 2.06 bits per heavy atom. The molecule has 1 atom stereocenters. The molecular weight excluding hydrogens is 460 g/mol. The van der Waals surface area contributed by atoms with Crippen LogP contribution >= 0.6 is 0 Å². The summed E-state index contributed by atoms with van der Waals surface area (Å²) in [6.07, 6.45) is 0. The van der Waals surface area contributed by atoms with Gasteiger partial charge in [-0.1, -0.05) is 48.5 Å². The first kappa shape index (κ1) is 26.0. The molecule has 9 heteroatoms. The molecule has 1 unspecified atom stereocenters. The third-order valence-electron chi connectivity index (χ3n) is 5.59. The summed E-state index contributed by atoms with van der Waals surface area (Å²) >= 11 is 0. The molecule has 0 heterocycles. The van der Waals surface area contributed by atoms with Gasteiger partial charge < -0.3 is 25.5 Å². The van der Waals surface area contributed by atoms with Crippen LogP contribution in [0.5, 0.6) is 0 Å². The summed E-state index contributed by atoms with van der Waals surface area (Å²) in [5, 5.41) is 14.3. The molecule has 36 heavy (non-hydrogen) atoms. The van der Waals surface area contributed by atoms with Crippen molar-refractivity contribution in [2.45, 2.75) is 12.8 Å². The highest BCUT2D eigenvalue weighted by molar-refractivity contribution is 6.05. The van der Waals surface area contributed by atoms with E-state index in [1.807, 2.05) is 18.2 Å². The second-order valence-corrected chi connectivity index (χ2v) is 8.10. The number of carboxylic acid groups (broad SMARTS) is 1. The quantitative estimate of drug-likeness (QED) is 0.424. The van der Waals surface area contributed by atoms with Crippen molar-refractivity contribution in [1.82, 2.24) is 5.32 Å². The predicted octanol–water partition coefficient (Wildman–Crippen LogP) is 3.69. The number of urea groups is 1. The molecule has 9 nitrogen and oxygen atoms in total. The van der Waals surface area contributed by atoms with Crippen molar-refractivity contribution in [3.8, 4) is 0 Å². The summed E-state index contributed by atoms with van der Waals surface area (Å²) in [6.45, 7) is 0.982. The molecule has 3 aromatic carbocycles. The fourth-order valence-electron chi connectivity index (χ4n) is 3.42. The molecule has 3 rings (SSSR count). The maximum absolute atomic E-state index is 13.1. The van der Waals surface area contributed by atoms with Gasteiger partial charge in [0.1, 0.15) is 6.54 Å². The van der Waals surface area contributed by atoms with Crippen LogP contribution in [0.15, 0.2) is 84.9 Å². The van der Waals surface area contributed by atoms with Crippen LogP contribution in [0.4, 0.5) is 21.9 Å². The number of nitrogens with zero attached hydrogens (tertiary/aromatic N) is 2. The zero-order valence-electron chi connectivity index (χ0n) is 20.0. The maximum Gasteiger partial charge on any atom is 0.319 e. The van der Waals surface area contributed by atoms with Crippen molar-refractivity contribution in [3.05, 3.63) is 90.5 Å². The normalized spacial score (nSPS) is 11.2. The van der Waals surface area contributed by atoms with Crippen LogP contribution in [0.2, 0.25) is 0 Å². The van der Waals surface area contributed by atoms with E-state index in [0.29, 0.717) is 22.6 Å². The fraction of sp³-hybridized carbons (Fsp3) is 0.185. The van der Waals surface area contributed by atoms with Crippen molar-refractivity contribution < 1.29 is 24.3 Å². The Labute approximate surface area is 209 Å². The SMILES string of the molecule is CC(C(=O)O)c1cccc(NC(=O)NCC(=O)N(CC(=O)N(C)c2ccccc2)c2ccccc2)c1. The van der Waals surface area contributed by atoms with Gasteiger partial charge in [-0.25, -0.2) is 4.79 Å². The third-order valence-corrected chi connectivity index (χ3v) is 5.59. The molecule has 0 aromatic heterocycles. The van der Waals surface area contributed by atoms with Gasteiger partial charge >= 0.3 is 12.0 Å². The molecule has 0 saturated carbocycles. The molecule has 186 valence electrons. The molecule has 0 aliphatic carbocycles. The number of benzene rings is 3. The average Bonchev–Trinajstić information content (AvgIpc) is 2.90. The van der Waals surface area contributed by atoms with Crippen LogP contribution in [0.1, 0.15) is 18.4 Å². The Kier molecular flexibility index (Phi) is 8.77. The van der Waals surface area contributed by atoms with Gasteiger partial charge in [-0.15, -0.1) is 0 Å². The van der Waals surface area contributed by atoms with Gasteiger partial charge in [0.25, 0.3) is 0 Å². The van der Waals surface area contributed by atoms with Crippen LogP contribution < -0.4 is 20.4 Å². The zero-order valence-corrected chi connectivity index (χ0v) is 20.0. The van der Waals surface area contributed by atoms with Gasteiger partial charge in [0.2, 0.25) is 11.8 Å². The minimum atomic E-state index is -0.976. The van der Waals surface area contributed by atoms with Gasteiger partial charge in [-0.2, -0.15) is 0 Å². The highest BCUT2D eigenvalue weighted by Gasteiger charge is 2.22. The summed E-state index contributed by atoms with van der Waals surface area (Å²) in [5.74, 6) is -2.48. The molecule has 3 aromatic rings. The van der Waals surface area contributed by atoms with Crippen LogP contribution in [0.3, 0.4) is 0 Å². The molecule has 0 aliphatic rings. The Morgan fingerprint density at radius 1 is 0.833 bits per heavy atom. The largest absolute Gasteiger partial charge is 0.481 e. The lowest BCUT2D eigenvalue weighted by Gasteiger charge is -2.25. The molecule has 0 aliphatic heterocycles. The van der Waals surface area contributed by atoms with Crippen LogP contribution in [0.25, 0.3) is 0 Å². The number of hydrogen-bond acceptors (Lipinski definition) is 4. The number of amides is 4. The molecule has 0 fully saturated rings. The molecule has 0 saturated heterocycles. The Bertz CT molecular complexity index is 1220. The minimum absolute atomic E-state index is 0.216. The van der Waals surface area contributed by atoms with Gasteiger partial charge in [0, 0.05) is 24.1 Å². The van der Waals surface area contributed by atoms with E-state index >= 15 is 0 Å². The average molecular weight is 489 g/mol. The standard InChI is InChI=1S/C27H28N4O5/c1-19(26(34)35)20-10-9-11-21(16-20)29-27(36)28-17-24(32)31(23-14-7-4-8-15-23)18-25(33)30(2)22-12-5-3-6-13-22/h3-16,19H,17-18H2,1-2H3,(H,34,35)(H2,28,29,36). The number of para-hydroxylation sites is 2. The molecular formula is C27H28N4O5. The highest BCUT2D eigenvalue weighted by atomic mass is 16.4. The van der Waals surface area contributed by atoms with Crippen molar-refractivity contribution in [1.29, 1.82) is 0 Å². The first-order valence-corrected chi connectivity index (χ1v) is 11.3. The predicted molar refractivity (Wildman–Crippen MR) is 138 cm³/mol. The lowest BCUT2D eigenvalue weighted by atomic mass is 10.0. The number of likely N-dealkylation sites (N-methyl/N-ethyl adjacent to an activating group) is 1. The maximum atomic E-state index is 13.1. The van der Waals surface area contributed by atoms with Crippen LogP contribution in [-0.2, 0) is 14.4 Å². The van der Waals surface area contributed by atoms with E-state index < -0.39 is 23.8 Å². The molecule has 0 radical (unpaired) electrons. The first-order valence-electron chi connectivity index (χ1n) is 11.3. The molecule has 3 N–H and O–H groups in total. The second kappa shape index (κ2) is 12.2. The van der Waals surface area contributed by atoms with Gasteiger partial charge in [-0.05, 0) is 48.9 Å². The van der Waals surface area contributed by atoms with Crippen molar-refractivity contribution in [2.75, 3.05) is 35.3 Å². The number of carboxylic acids is 1. The van der Waals surface area contributed by atoms with E-state index in [4.69, 9.17) is 0 Å². The lowest BCUT2D eigenvalue weighted by Crippen LogP contribution is -2.46. The Morgan fingerprint density at radius 2 is 1.44 bits per heavy atom. The third kappa shape index (κ3) is 6.92. The van der Waals surface area contributed by atoms with Gasteiger partial charge in [-0.3, -0.25) is 14.4 Å². The van der Waals surface area contributed by atoms with Gasteiger partial charge in [0.15, 0.2) is 0 Å². The number of nitrogens with one attached hydrogen (secondary N) is 2. The smallest absolute Gasteiger partial charge is 0.319 e. The van der Waals surface area contributed by atoms with E-state index in [2.05, 4.69) is 10.6 Å². The molecule has 0 bridgehead atoms. The zero-order chi connectivity index (χ0) is 26.1. The summed E-state index contributed by atoms with van der Waals surface area (Å²) < 4.78 is 0. The van der Waals surface area contributed by atoms with Crippen LogP contribution in [-0.4, -0.2) is 49.1 Å². The van der Waals surface area contributed by atoms with Crippen molar-refractivity contribution >= 4 is 40.9 Å². The minimum Gasteiger partial charge on any atom is -0.481 e. The van der Waals surface area contributed by atoms with E-state index in [0.717, 1.165) is 0 Å². The van der Waals surface area contributed by atoms with E-state index in [1.165, 1.54) is 9.80 Å². The number of hydrogen-bond donors (Lipinski definition) is 3. The van der Waals surface area contributed by atoms with Crippen LogP contribution in [0, 0.1) is 0 Å². The van der Waals surface area contributed by atoms with E-state index in [9.17, 15) is 24.3 Å². The number of carbonyl (C=O) groups is 4. The topological polar surface area (TPSA) is 119 Å². The summed E-state index contributed by atoms with van der Waals surface area (Å²) in [5.41, 5.74) is 2.15. The monoisotopic (exact) mass is 488 g/mol. The van der Waals surface area contributed by atoms with E-state index in [1.54, 1.807) is 80.7 Å². The number of anilines is 3. The van der Waals surface area contributed by atoms with Gasteiger partial charge in [0.05, 0.1) is 12.5 Å². The number of rotatable bonds is 9. The molecule has 4 amide bonds. The number of aliphatic carboxylic acids is 1. The van der Waals surface area contributed by atoms with Crippen molar-refractivity contribution in [2.24, 2.45) is 0 Å². The summed E-state index contributed by atoms with van der Waals surface area (Å²) in [6, 6.07) is 23.7. The number of carbonyl (C=O) groups excluding carboxylic acids is 3. The summed E-state index contributed by atoms with van der Waals surface area (Å²) in [7, 11) is 1.64.